The van der Waals surface area contributed by atoms with E-state index >= 15 is 0 Å². The van der Waals surface area contributed by atoms with Crippen molar-refractivity contribution in [2.24, 2.45) is 5.41 Å². The first kappa shape index (κ1) is 31.3. The molecule has 0 unspecified atom stereocenters. The van der Waals surface area contributed by atoms with E-state index < -0.39 is 17.8 Å². The molecule has 3 aromatic rings. The second-order valence-electron chi connectivity index (χ2n) is 11.6. The van der Waals surface area contributed by atoms with Crippen LogP contribution >= 0.6 is 24.8 Å². The van der Waals surface area contributed by atoms with Crippen LogP contribution < -0.4 is 3.32 Å². The van der Waals surface area contributed by atoms with Gasteiger partial charge in [-0.3, -0.25) is 0 Å². The molecule has 0 saturated carbocycles. The van der Waals surface area contributed by atoms with Gasteiger partial charge in [-0.1, -0.05) is 0 Å². The molecule has 0 saturated heterocycles. The predicted octanol–water partition coefficient (Wildman–Crippen LogP) is 9.58. The number of halogens is 2. The Morgan fingerprint density at radius 2 is 1.27 bits per heavy atom. The van der Waals surface area contributed by atoms with Gasteiger partial charge < -0.3 is 0 Å². The summed E-state index contributed by atoms with van der Waals surface area (Å²) in [7, 11) is 0. The van der Waals surface area contributed by atoms with Crippen LogP contribution in [-0.2, 0) is 23.2 Å². The maximum absolute atomic E-state index is 7.24. The molecule has 0 amide bonds. The van der Waals surface area contributed by atoms with Gasteiger partial charge in [0.1, 0.15) is 0 Å². The Bertz CT molecular complexity index is 1250. The van der Waals surface area contributed by atoms with Crippen molar-refractivity contribution in [1.82, 2.24) is 0 Å². The topological polar surface area (TPSA) is 9.23 Å². The Kier molecular flexibility index (Phi) is 10.8. The summed E-state index contributed by atoms with van der Waals surface area (Å²) in [6.07, 6.45) is 5.65. The summed E-state index contributed by atoms with van der Waals surface area (Å²) in [6, 6.07) is 28.5. The average Bonchev–Trinajstić information content (AvgIpc) is 3.30. The second-order valence-corrected chi connectivity index (χ2v) is 14.6. The standard InChI is InChI=1S/C13H10.C11H16O.C9H13.2ClH.Ti/c1-3-7-12(8-4-1)11-13-9-5-2-6-10-13;1-8-5-9(11(2,3)4)7-10(12)6-8;1-9(2,3)8-6-4-5-7-8;;;/h1-10H;5-7,12H,1-4H3;4,6H,5H2,1-3H3;2*1H;/q;;;;;+1/p-1. The van der Waals surface area contributed by atoms with Crippen LogP contribution in [0.2, 0.25) is 0 Å². The Hall–Kier alpha value is -1.90. The number of rotatable bonds is 5. The summed E-state index contributed by atoms with van der Waals surface area (Å²) in [5.74, 6) is 1.00. The Labute approximate surface area is 242 Å². The summed E-state index contributed by atoms with van der Waals surface area (Å²) >= 11 is -2.48. The first-order chi connectivity index (χ1) is 16.5. The van der Waals surface area contributed by atoms with Crippen LogP contribution in [-0.4, -0.2) is 3.81 Å². The molecule has 196 valence electrons. The third-order valence-electron chi connectivity index (χ3n) is 6.50. The Morgan fingerprint density at radius 1 is 0.730 bits per heavy atom. The normalized spacial score (nSPS) is 13.1. The van der Waals surface area contributed by atoms with Gasteiger partial charge in [-0.05, 0) is 0 Å². The average molecular weight is 571 g/mol. The van der Waals surface area contributed by atoms with Crippen LogP contribution in [0.1, 0.15) is 70.2 Å². The zero-order valence-electron chi connectivity index (χ0n) is 23.1. The third kappa shape index (κ3) is 7.58. The molecule has 0 aliphatic heterocycles. The number of aryl methyl sites for hydroxylation is 1. The SMILES string of the molecule is Cc1cc([O][Ti]([C]2=C(C(C)(C)C)C=CC2)=[C](c2ccccc2)c2ccccc2)cc(C(C)(C)C)c1.Cl.Cl. The molecule has 1 aliphatic rings. The van der Waals surface area contributed by atoms with Crippen molar-refractivity contribution < 1.29 is 21.1 Å². The molecule has 0 heterocycles. The molecule has 1 nitrogen and oxygen atoms in total. The Morgan fingerprint density at radius 3 is 1.76 bits per heavy atom. The molecule has 0 bridgehead atoms. The number of hydrogen-bond donors (Lipinski definition) is 0. The zero-order chi connectivity index (χ0) is 25.2. The summed E-state index contributed by atoms with van der Waals surface area (Å²) in [4.78, 5) is 0. The van der Waals surface area contributed by atoms with Crippen LogP contribution in [0.4, 0.5) is 0 Å². The second kappa shape index (κ2) is 12.8. The molecular weight excluding hydrogens is 531 g/mol. The van der Waals surface area contributed by atoms with Gasteiger partial charge in [0.15, 0.2) is 0 Å². The fourth-order valence-corrected chi connectivity index (χ4v) is 8.97. The van der Waals surface area contributed by atoms with Crippen molar-refractivity contribution in [1.29, 1.82) is 0 Å². The molecule has 0 N–H and O–H groups in total. The number of allylic oxidation sites excluding steroid dienone is 4. The van der Waals surface area contributed by atoms with E-state index in [1.165, 1.54) is 35.5 Å². The van der Waals surface area contributed by atoms with Crippen molar-refractivity contribution in [2.45, 2.75) is 60.3 Å². The molecule has 37 heavy (non-hydrogen) atoms. The van der Waals surface area contributed by atoms with E-state index in [-0.39, 0.29) is 35.6 Å². The van der Waals surface area contributed by atoms with Gasteiger partial charge in [0.2, 0.25) is 0 Å². The smallest absolute Gasteiger partial charge is 0.147 e. The van der Waals surface area contributed by atoms with Crippen molar-refractivity contribution >= 4 is 28.6 Å². The van der Waals surface area contributed by atoms with E-state index in [9.17, 15) is 0 Å². The maximum Gasteiger partial charge on any atom is -0.147 e. The van der Waals surface area contributed by atoms with Crippen LogP contribution in [0.15, 0.2) is 100 Å². The minimum Gasteiger partial charge on any atom is -0.147 e. The van der Waals surface area contributed by atoms with E-state index in [0.717, 1.165) is 12.2 Å². The molecule has 0 radical (unpaired) electrons. The molecule has 0 spiro atoms. The fraction of sp³-hybridized carbons (Fsp3) is 0.303. The Balaban J connectivity index is 0.00000241. The monoisotopic (exact) mass is 570 g/mol. The largest absolute Gasteiger partial charge is 0.147 e. The van der Waals surface area contributed by atoms with Crippen LogP contribution in [0.5, 0.6) is 5.75 Å². The van der Waals surface area contributed by atoms with Gasteiger partial charge in [0.25, 0.3) is 0 Å². The van der Waals surface area contributed by atoms with Crippen molar-refractivity contribution in [3.8, 4) is 5.75 Å². The van der Waals surface area contributed by atoms with Gasteiger partial charge in [-0.25, -0.2) is 0 Å². The number of benzene rings is 3. The molecular formula is C33H40Cl2OTi. The molecule has 4 rings (SSSR count). The first-order valence-corrected chi connectivity index (χ1v) is 14.8. The van der Waals surface area contributed by atoms with Gasteiger partial charge in [-0.15, -0.1) is 24.8 Å². The van der Waals surface area contributed by atoms with Crippen LogP contribution in [0.25, 0.3) is 0 Å². The van der Waals surface area contributed by atoms with Gasteiger partial charge in [0, 0.05) is 0 Å². The van der Waals surface area contributed by atoms with E-state index in [0.29, 0.717) is 0 Å². The zero-order valence-corrected chi connectivity index (χ0v) is 26.3. The van der Waals surface area contributed by atoms with Crippen molar-refractivity contribution in [3.63, 3.8) is 0 Å². The van der Waals surface area contributed by atoms with E-state index in [4.69, 9.17) is 3.32 Å². The van der Waals surface area contributed by atoms with E-state index in [2.05, 4.69) is 139 Å². The molecule has 0 aromatic heterocycles. The molecule has 3 aromatic carbocycles. The molecule has 4 heteroatoms. The van der Waals surface area contributed by atoms with Crippen molar-refractivity contribution in [3.05, 3.63) is 123 Å². The first-order valence-electron chi connectivity index (χ1n) is 12.6. The molecule has 1 aliphatic carbocycles. The van der Waals surface area contributed by atoms with E-state index in [1.807, 2.05) is 0 Å². The van der Waals surface area contributed by atoms with Crippen LogP contribution in [0, 0.1) is 12.3 Å². The van der Waals surface area contributed by atoms with Gasteiger partial charge in [-0.2, -0.15) is 0 Å². The quantitative estimate of drug-likeness (QED) is 0.277. The summed E-state index contributed by atoms with van der Waals surface area (Å²) in [6.45, 7) is 16.0. The minimum absolute atomic E-state index is 0. The van der Waals surface area contributed by atoms with Gasteiger partial charge >= 0.3 is 219 Å². The summed E-state index contributed by atoms with van der Waals surface area (Å²) in [5, 5.41) is 0. The predicted molar refractivity (Wildman–Crippen MR) is 161 cm³/mol. The minimum atomic E-state index is -2.48. The van der Waals surface area contributed by atoms with Crippen LogP contribution in [0.3, 0.4) is 0 Å². The van der Waals surface area contributed by atoms with Crippen molar-refractivity contribution in [2.75, 3.05) is 0 Å². The van der Waals surface area contributed by atoms with E-state index in [1.54, 1.807) is 0 Å². The number of hydrogen-bond acceptors (Lipinski definition) is 1. The fourth-order valence-electron chi connectivity index (χ4n) is 4.68. The van der Waals surface area contributed by atoms with Gasteiger partial charge in [0.05, 0.1) is 0 Å². The maximum atomic E-state index is 7.24. The molecule has 0 atom stereocenters. The third-order valence-corrected chi connectivity index (χ3v) is 10.4. The molecule has 0 fully saturated rings. The summed E-state index contributed by atoms with van der Waals surface area (Å²) < 4.78 is 10.1. The summed E-state index contributed by atoms with van der Waals surface area (Å²) in [5.41, 5.74) is 6.70.